The fraction of sp³-hybridized carbons (Fsp3) is 0.538. The Balaban J connectivity index is 1.83. The molecule has 4 heteroatoms. The van der Waals surface area contributed by atoms with Crippen molar-refractivity contribution in [3.63, 3.8) is 0 Å². The number of thiophene rings is 1. The van der Waals surface area contributed by atoms with Crippen LogP contribution in [0.2, 0.25) is 0 Å². The minimum Gasteiger partial charge on any atom is -0.502 e. The Morgan fingerprint density at radius 1 is 1.65 bits per heavy atom. The molecule has 0 radical (unpaired) electrons. The van der Waals surface area contributed by atoms with Crippen LogP contribution in [0.4, 0.5) is 0 Å². The Bertz CT molecular complexity index is 364. The lowest BCUT2D eigenvalue weighted by Crippen LogP contribution is -2.27. The summed E-state index contributed by atoms with van der Waals surface area (Å²) in [5, 5.41) is 6.54. The number of rotatable bonds is 6. The standard InChI is InChI=1S/C13H19NOS2/c1-3-15-7-4-6-14-12-9-10(2)17-13-11(12)5-8-16-13/h3,5,8,10,12,14H,1,4,6-7,9H2,2H3/t10-,12?/m0/s1. The molecule has 1 aliphatic rings. The predicted molar refractivity (Wildman–Crippen MR) is 75.8 cm³/mol. The van der Waals surface area contributed by atoms with Crippen LogP contribution in [0.15, 0.2) is 28.5 Å². The quantitative estimate of drug-likeness (QED) is 0.627. The smallest absolute Gasteiger partial charge is 0.0885 e. The van der Waals surface area contributed by atoms with Gasteiger partial charge in [-0.05, 0) is 36.4 Å². The highest BCUT2D eigenvalue weighted by atomic mass is 32.2. The van der Waals surface area contributed by atoms with Gasteiger partial charge < -0.3 is 10.1 Å². The molecule has 2 rings (SSSR count). The summed E-state index contributed by atoms with van der Waals surface area (Å²) in [5.41, 5.74) is 1.49. The van der Waals surface area contributed by atoms with E-state index in [4.69, 9.17) is 4.74 Å². The van der Waals surface area contributed by atoms with Crippen LogP contribution in [0.5, 0.6) is 0 Å². The molecule has 0 fully saturated rings. The van der Waals surface area contributed by atoms with Crippen molar-refractivity contribution in [1.29, 1.82) is 0 Å². The van der Waals surface area contributed by atoms with Gasteiger partial charge in [0.25, 0.3) is 0 Å². The fourth-order valence-corrected chi connectivity index (χ4v) is 4.62. The Kier molecular flexibility index (Phi) is 4.95. The second-order valence-electron chi connectivity index (χ2n) is 4.23. The third-order valence-electron chi connectivity index (χ3n) is 2.86. The molecule has 1 aromatic rings. The third-order valence-corrected chi connectivity index (χ3v) is 5.20. The van der Waals surface area contributed by atoms with Crippen molar-refractivity contribution in [3.8, 4) is 0 Å². The van der Waals surface area contributed by atoms with Crippen LogP contribution in [0, 0.1) is 0 Å². The molecule has 1 N–H and O–H groups in total. The Hall–Kier alpha value is -0.450. The molecule has 1 aliphatic heterocycles. The second kappa shape index (κ2) is 6.47. The molecule has 0 aromatic carbocycles. The van der Waals surface area contributed by atoms with Crippen molar-refractivity contribution in [1.82, 2.24) is 5.32 Å². The lowest BCUT2D eigenvalue weighted by molar-refractivity contribution is 0.242. The molecule has 17 heavy (non-hydrogen) atoms. The van der Waals surface area contributed by atoms with Gasteiger partial charge in [-0.2, -0.15) is 0 Å². The Morgan fingerprint density at radius 3 is 3.35 bits per heavy atom. The average Bonchev–Trinajstić information content (AvgIpc) is 2.76. The Labute approximate surface area is 111 Å². The van der Waals surface area contributed by atoms with Crippen molar-refractivity contribution in [2.24, 2.45) is 0 Å². The summed E-state index contributed by atoms with van der Waals surface area (Å²) in [6.45, 7) is 7.60. The van der Waals surface area contributed by atoms with Gasteiger partial charge in [0.05, 0.1) is 17.1 Å². The van der Waals surface area contributed by atoms with Crippen molar-refractivity contribution < 1.29 is 4.74 Å². The monoisotopic (exact) mass is 269 g/mol. The highest BCUT2D eigenvalue weighted by molar-refractivity contribution is 8.01. The molecule has 1 unspecified atom stereocenters. The first-order valence-corrected chi connectivity index (χ1v) is 7.77. The minimum absolute atomic E-state index is 0.524. The zero-order valence-electron chi connectivity index (χ0n) is 10.1. The summed E-state index contributed by atoms with van der Waals surface area (Å²) in [6.07, 6.45) is 3.76. The molecule has 2 heterocycles. The molecule has 0 bridgehead atoms. The number of nitrogens with one attached hydrogen (secondary N) is 1. The highest BCUT2D eigenvalue weighted by Crippen LogP contribution is 2.43. The molecule has 2 atom stereocenters. The summed E-state index contributed by atoms with van der Waals surface area (Å²) in [6, 6.07) is 2.78. The van der Waals surface area contributed by atoms with Crippen LogP contribution in [0.25, 0.3) is 0 Å². The van der Waals surface area contributed by atoms with Crippen molar-refractivity contribution in [2.45, 2.75) is 35.3 Å². The first-order chi connectivity index (χ1) is 8.31. The van der Waals surface area contributed by atoms with E-state index in [-0.39, 0.29) is 0 Å². The summed E-state index contributed by atoms with van der Waals surface area (Å²) in [5.74, 6) is 0. The lowest BCUT2D eigenvalue weighted by Gasteiger charge is -2.27. The fourth-order valence-electron chi connectivity index (χ4n) is 2.06. The van der Waals surface area contributed by atoms with Crippen LogP contribution in [-0.2, 0) is 4.74 Å². The van der Waals surface area contributed by atoms with Crippen LogP contribution >= 0.6 is 23.1 Å². The normalized spacial score (nSPS) is 23.1. The summed E-state index contributed by atoms with van der Waals surface area (Å²) in [4.78, 5) is 0. The van der Waals surface area contributed by atoms with E-state index in [9.17, 15) is 0 Å². The van der Waals surface area contributed by atoms with Gasteiger partial charge in [0, 0.05) is 11.3 Å². The first-order valence-electron chi connectivity index (χ1n) is 6.01. The van der Waals surface area contributed by atoms with Gasteiger partial charge in [0.2, 0.25) is 0 Å². The molecule has 0 spiro atoms. The molecule has 94 valence electrons. The molecule has 0 saturated heterocycles. The van der Waals surface area contributed by atoms with E-state index in [0.717, 1.165) is 19.6 Å². The summed E-state index contributed by atoms with van der Waals surface area (Å²) < 4.78 is 6.61. The van der Waals surface area contributed by atoms with E-state index in [1.54, 1.807) is 0 Å². The first kappa shape index (κ1) is 13.0. The third kappa shape index (κ3) is 3.50. The number of hydrogen-bond donors (Lipinski definition) is 1. The van der Waals surface area contributed by atoms with Gasteiger partial charge in [0.15, 0.2) is 0 Å². The minimum atomic E-state index is 0.524. The highest BCUT2D eigenvalue weighted by Gasteiger charge is 2.25. The Morgan fingerprint density at radius 2 is 2.53 bits per heavy atom. The number of hydrogen-bond acceptors (Lipinski definition) is 4. The molecule has 1 aromatic heterocycles. The number of fused-ring (bicyclic) bond motifs is 1. The lowest BCUT2D eigenvalue weighted by atomic mass is 10.0. The maximum atomic E-state index is 5.12. The second-order valence-corrected chi connectivity index (χ2v) is 6.85. The van der Waals surface area contributed by atoms with E-state index in [1.165, 1.54) is 22.5 Å². The van der Waals surface area contributed by atoms with E-state index in [0.29, 0.717) is 11.3 Å². The molecule has 0 aliphatic carbocycles. The number of thioether (sulfide) groups is 1. The van der Waals surface area contributed by atoms with Crippen molar-refractivity contribution in [2.75, 3.05) is 13.2 Å². The topological polar surface area (TPSA) is 21.3 Å². The van der Waals surface area contributed by atoms with Gasteiger partial charge in [0.1, 0.15) is 0 Å². The van der Waals surface area contributed by atoms with E-state index >= 15 is 0 Å². The molecule has 0 saturated carbocycles. The van der Waals surface area contributed by atoms with E-state index in [2.05, 4.69) is 30.3 Å². The number of ether oxygens (including phenoxy) is 1. The largest absolute Gasteiger partial charge is 0.502 e. The van der Waals surface area contributed by atoms with Crippen molar-refractivity contribution >= 4 is 23.1 Å². The van der Waals surface area contributed by atoms with Gasteiger partial charge in [-0.3, -0.25) is 0 Å². The molecular weight excluding hydrogens is 250 g/mol. The average molecular weight is 269 g/mol. The van der Waals surface area contributed by atoms with Gasteiger partial charge in [-0.25, -0.2) is 0 Å². The van der Waals surface area contributed by atoms with Gasteiger partial charge in [-0.1, -0.05) is 13.5 Å². The predicted octanol–water partition coefficient (Wildman–Crippen LogP) is 3.81. The molecule has 2 nitrogen and oxygen atoms in total. The molecular formula is C13H19NOS2. The van der Waals surface area contributed by atoms with Gasteiger partial charge in [-0.15, -0.1) is 23.1 Å². The maximum absolute atomic E-state index is 5.12. The maximum Gasteiger partial charge on any atom is 0.0885 e. The van der Waals surface area contributed by atoms with Crippen molar-refractivity contribution in [3.05, 3.63) is 29.9 Å². The van der Waals surface area contributed by atoms with E-state index in [1.807, 2.05) is 23.1 Å². The van der Waals surface area contributed by atoms with Crippen LogP contribution in [-0.4, -0.2) is 18.4 Å². The van der Waals surface area contributed by atoms with Crippen LogP contribution < -0.4 is 5.32 Å². The van der Waals surface area contributed by atoms with Crippen LogP contribution in [0.3, 0.4) is 0 Å². The SMILES string of the molecule is C=COCCCNC1C[C@H](C)Sc2sccc21. The summed E-state index contributed by atoms with van der Waals surface area (Å²) in [7, 11) is 0. The van der Waals surface area contributed by atoms with E-state index < -0.39 is 0 Å². The zero-order valence-corrected chi connectivity index (χ0v) is 11.8. The summed E-state index contributed by atoms with van der Waals surface area (Å²) >= 11 is 3.88. The van der Waals surface area contributed by atoms with Crippen LogP contribution in [0.1, 0.15) is 31.4 Å². The van der Waals surface area contributed by atoms with Gasteiger partial charge >= 0.3 is 0 Å². The molecule has 0 amide bonds. The zero-order chi connectivity index (χ0) is 12.1.